The highest BCUT2D eigenvalue weighted by Crippen LogP contribution is 2.27. The minimum atomic E-state index is -2.92. The second-order valence-corrected chi connectivity index (χ2v) is 6.54. The van der Waals surface area contributed by atoms with Gasteiger partial charge in [-0.2, -0.15) is 13.9 Å². The molecule has 0 fully saturated rings. The molecule has 1 aromatic carbocycles. The lowest BCUT2D eigenvalue weighted by atomic mass is 10.2. The molecule has 0 unspecified atom stereocenters. The van der Waals surface area contributed by atoms with E-state index in [9.17, 15) is 8.78 Å². The molecule has 0 aliphatic heterocycles. The van der Waals surface area contributed by atoms with Crippen molar-refractivity contribution in [3.05, 3.63) is 41.7 Å². The van der Waals surface area contributed by atoms with Crippen LogP contribution < -0.4 is 14.8 Å². The average molecular weight is 537 g/mol. The summed E-state index contributed by atoms with van der Waals surface area (Å²) in [5.74, 6) is 1.23. The van der Waals surface area contributed by atoms with Gasteiger partial charge >= 0.3 is 6.61 Å². The van der Waals surface area contributed by atoms with E-state index in [2.05, 4.69) is 20.1 Å². The summed E-state index contributed by atoms with van der Waals surface area (Å²) in [5, 5.41) is 7.38. The zero-order valence-electron chi connectivity index (χ0n) is 17.8. The molecule has 10 heteroatoms. The molecule has 0 radical (unpaired) electrons. The normalized spacial score (nSPS) is 11.2. The number of guanidine groups is 1. The quantitative estimate of drug-likeness (QED) is 0.282. The Morgan fingerprint density at radius 2 is 2.10 bits per heavy atom. The summed E-state index contributed by atoms with van der Waals surface area (Å²) >= 11 is 0. The number of nitrogens with zero attached hydrogens (tertiary/aromatic N) is 4. The molecule has 0 aliphatic rings. The van der Waals surface area contributed by atoms with Gasteiger partial charge in [-0.15, -0.1) is 24.0 Å². The van der Waals surface area contributed by atoms with Gasteiger partial charge in [-0.1, -0.05) is 6.92 Å². The summed E-state index contributed by atoms with van der Waals surface area (Å²) in [6.45, 7) is 3.03. The number of ether oxygens (including phenoxy) is 2. The zero-order valence-corrected chi connectivity index (χ0v) is 20.1. The predicted molar refractivity (Wildman–Crippen MR) is 124 cm³/mol. The maximum Gasteiger partial charge on any atom is 0.387 e. The van der Waals surface area contributed by atoms with Crippen molar-refractivity contribution >= 4 is 29.9 Å². The smallest absolute Gasteiger partial charge is 0.387 e. The number of aromatic nitrogens is 2. The van der Waals surface area contributed by atoms with Gasteiger partial charge in [-0.3, -0.25) is 4.68 Å². The molecule has 2 aromatic rings. The molecule has 0 aliphatic carbocycles. The molecule has 2 rings (SSSR count). The highest BCUT2D eigenvalue weighted by Gasteiger charge is 2.13. The van der Waals surface area contributed by atoms with Crippen LogP contribution in [0.3, 0.4) is 0 Å². The molecule has 0 spiro atoms. The minimum Gasteiger partial charge on any atom is -0.493 e. The first-order chi connectivity index (χ1) is 13.9. The van der Waals surface area contributed by atoms with E-state index in [1.165, 1.54) is 6.07 Å². The van der Waals surface area contributed by atoms with Gasteiger partial charge in [0, 0.05) is 50.6 Å². The number of halogens is 3. The highest BCUT2D eigenvalue weighted by molar-refractivity contribution is 14.0. The second-order valence-electron chi connectivity index (χ2n) is 6.54. The minimum absolute atomic E-state index is 0. The molecule has 0 bridgehead atoms. The van der Waals surface area contributed by atoms with Crippen LogP contribution in [0.1, 0.15) is 31.4 Å². The molecule has 1 aromatic heterocycles. The van der Waals surface area contributed by atoms with Crippen LogP contribution in [0.5, 0.6) is 11.5 Å². The summed E-state index contributed by atoms with van der Waals surface area (Å²) in [6, 6.07) is 4.93. The Morgan fingerprint density at radius 1 is 1.33 bits per heavy atom. The third kappa shape index (κ3) is 8.33. The van der Waals surface area contributed by atoms with E-state index in [0.717, 1.165) is 12.0 Å². The molecular weight excluding hydrogens is 507 g/mol. The Labute approximate surface area is 193 Å². The van der Waals surface area contributed by atoms with Crippen molar-refractivity contribution in [2.24, 2.45) is 12.0 Å². The molecule has 30 heavy (non-hydrogen) atoms. The fourth-order valence-electron chi connectivity index (χ4n) is 2.71. The fourth-order valence-corrected chi connectivity index (χ4v) is 2.71. The lowest BCUT2D eigenvalue weighted by molar-refractivity contribution is -0.0505. The van der Waals surface area contributed by atoms with Gasteiger partial charge in [0.2, 0.25) is 0 Å². The fraction of sp³-hybridized carbons (Fsp3) is 0.500. The maximum atomic E-state index is 12.8. The Bertz CT molecular complexity index is 801. The molecule has 1 heterocycles. The van der Waals surface area contributed by atoms with Crippen molar-refractivity contribution in [1.82, 2.24) is 20.0 Å². The summed E-state index contributed by atoms with van der Waals surface area (Å²) < 4.78 is 37.6. The topological polar surface area (TPSA) is 63.9 Å². The predicted octanol–water partition coefficient (Wildman–Crippen LogP) is 4.03. The third-order valence-electron chi connectivity index (χ3n) is 4.00. The Morgan fingerprint density at radius 3 is 2.70 bits per heavy atom. The van der Waals surface area contributed by atoms with E-state index < -0.39 is 6.61 Å². The average Bonchev–Trinajstić information content (AvgIpc) is 3.08. The Balaban J connectivity index is 0.00000450. The van der Waals surface area contributed by atoms with Crippen molar-refractivity contribution in [2.75, 3.05) is 20.2 Å². The van der Waals surface area contributed by atoms with Crippen molar-refractivity contribution in [3.63, 3.8) is 0 Å². The maximum absolute atomic E-state index is 12.8. The number of alkyl halides is 2. The molecular formula is C20H30F2IN5O2. The van der Waals surface area contributed by atoms with Gasteiger partial charge in [0.1, 0.15) is 11.5 Å². The van der Waals surface area contributed by atoms with E-state index in [-0.39, 0.29) is 36.3 Å². The first kappa shape index (κ1) is 25.9. The van der Waals surface area contributed by atoms with Crippen LogP contribution >= 0.6 is 24.0 Å². The summed E-state index contributed by atoms with van der Waals surface area (Å²) in [4.78, 5) is 6.54. The molecule has 0 saturated carbocycles. The standard InChI is InChI=1S/C20H29F2N5O2.HI/c1-5-9-28-17-8-7-16(18(10-17)29-19(21)22)12-24-20(23-6-2)26(3)13-15-11-25-27(4)14-15;/h7-8,10-11,14,19H,5-6,9,12-13H2,1-4H3,(H,23,24);1H. The molecule has 1 N–H and O–H groups in total. The third-order valence-corrected chi connectivity index (χ3v) is 4.00. The first-order valence-corrected chi connectivity index (χ1v) is 9.60. The molecule has 0 amide bonds. The van der Waals surface area contributed by atoms with E-state index in [0.29, 0.717) is 37.0 Å². The van der Waals surface area contributed by atoms with E-state index >= 15 is 0 Å². The SMILES string of the molecule is CCCOc1ccc(CN=C(NCC)N(C)Cc2cnn(C)c2)c(OC(F)F)c1.I. The van der Waals surface area contributed by atoms with Gasteiger partial charge in [0.05, 0.1) is 19.3 Å². The van der Waals surface area contributed by atoms with Gasteiger partial charge < -0.3 is 19.7 Å². The second kappa shape index (κ2) is 13.2. The lowest BCUT2D eigenvalue weighted by Crippen LogP contribution is -2.38. The number of hydrogen-bond donors (Lipinski definition) is 1. The Kier molecular flexibility index (Phi) is 11.4. The lowest BCUT2D eigenvalue weighted by Gasteiger charge is -2.21. The number of rotatable bonds is 10. The number of hydrogen-bond acceptors (Lipinski definition) is 4. The van der Waals surface area contributed by atoms with Gasteiger partial charge in [0.25, 0.3) is 0 Å². The molecule has 7 nitrogen and oxygen atoms in total. The number of aliphatic imine (C=N–C) groups is 1. The number of aryl methyl sites for hydroxylation is 1. The van der Waals surface area contributed by atoms with Crippen LogP contribution in [-0.2, 0) is 20.1 Å². The van der Waals surface area contributed by atoms with Crippen molar-refractivity contribution in [3.8, 4) is 11.5 Å². The van der Waals surface area contributed by atoms with Crippen LogP contribution in [0.25, 0.3) is 0 Å². The van der Waals surface area contributed by atoms with Gasteiger partial charge in [-0.05, 0) is 25.5 Å². The summed E-state index contributed by atoms with van der Waals surface area (Å²) in [5.41, 5.74) is 1.60. The number of benzene rings is 1. The molecule has 0 atom stereocenters. The van der Waals surface area contributed by atoms with Crippen LogP contribution in [0.15, 0.2) is 35.6 Å². The van der Waals surface area contributed by atoms with E-state index in [4.69, 9.17) is 4.74 Å². The molecule has 168 valence electrons. The summed E-state index contributed by atoms with van der Waals surface area (Å²) in [7, 11) is 3.77. The van der Waals surface area contributed by atoms with Crippen molar-refractivity contribution in [2.45, 2.75) is 40.0 Å². The Hall–Kier alpha value is -2.11. The first-order valence-electron chi connectivity index (χ1n) is 9.60. The van der Waals surface area contributed by atoms with E-state index in [1.54, 1.807) is 23.0 Å². The van der Waals surface area contributed by atoms with Gasteiger partial charge in [-0.25, -0.2) is 4.99 Å². The largest absolute Gasteiger partial charge is 0.493 e. The van der Waals surface area contributed by atoms with Crippen LogP contribution in [-0.4, -0.2) is 47.5 Å². The van der Waals surface area contributed by atoms with Crippen LogP contribution in [0.2, 0.25) is 0 Å². The van der Waals surface area contributed by atoms with Crippen molar-refractivity contribution < 1.29 is 18.3 Å². The van der Waals surface area contributed by atoms with E-state index in [1.807, 2.05) is 39.0 Å². The number of nitrogens with one attached hydrogen (secondary N) is 1. The van der Waals surface area contributed by atoms with Gasteiger partial charge in [0.15, 0.2) is 5.96 Å². The van der Waals surface area contributed by atoms with Crippen molar-refractivity contribution in [1.29, 1.82) is 0 Å². The zero-order chi connectivity index (χ0) is 21.2. The van der Waals surface area contributed by atoms with Crippen LogP contribution in [0.4, 0.5) is 8.78 Å². The monoisotopic (exact) mass is 537 g/mol. The van der Waals surface area contributed by atoms with Crippen LogP contribution in [0, 0.1) is 0 Å². The summed E-state index contributed by atoms with van der Waals surface area (Å²) in [6.07, 6.45) is 4.56. The highest BCUT2D eigenvalue weighted by atomic mass is 127. The molecule has 0 saturated heterocycles.